The van der Waals surface area contributed by atoms with Crippen LogP contribution < -0.4 is 0 Å². The Kier molecular flexibility index (Phi) is 1.68. The first kappa shape index (κ1) is 8.26. The van der Waals surface area contributed by atoms with Gasteiger partial charge in [-0.15, -0.1) is 0 Å². The van der Waals surface area contributed by atoms with E-state index in [-0.39, 0.29) is 5.69 Å². The lowest BCUT2D eigenvalue weighted by atomic mass is 10.4. The Bertz CT molecular complexity index is 551. The number of aromatic carboxylic acids is 1. The van der Waals surface area contributed by atoms with E-state index in [0.29, 0.717) is 11.1 Å². The van der Waals surface area contributed by atoms with Crippen LogP contribution in [0.1, 0.15) is 16.1 Å². The van der Waals surface area contributed by atoms with E-state index >= 15 is 0 Å². The van der Waals surface area contributed by atoms with Crippen molar-refractivity contribution in [1.29, 1.82) is 5.26 Å². The average Bonchev–Trinajstić information content (AvgIpc) is 2.58. The number of fused-ring (bicyclic) bond motifs is 1. The van der Waals surface area contributed by atoms with Crippen molar-refractivity contribution in [2.75, 3.05) is 0 Å². The van der Waals surface area contributed by atoms with Gasteiger partial charge in [-0.2, -0.15) is 5.26 Å². The van der Waals surface area contributed by atoms with Crippen LogP contribution >= 0.6 is 0 Å². The summed E-state index contributed by atoms with van der Waals surface area (Å²) in [6.07, 6.45) is 4.35. The zero-order valence-electron chi connectivity index (χ0n) is 7.01. The zero-order chi connectivity index (χ0) is 10.1. The number of carbonyl (C=O) groups is 1. The fraction of sp³-hybridized carbons (Fsp3) is 0. The summed E-state index contributed by atoms with van der Waals surface area (Å²) in [5, 5.41) is 17.3. The Hall–Kier alpha value is -2.35. The number of aromatic nitrogens is 2. The maximum Gasteiger partial charge on any atom is 0.356 e. The third kappa shape index (κ3) is 1.19. The molecule has 0 saturated heterocycles. The van der Waals surface area contributed by atoms with Crippen molar-refractivity contribution in [2.24, 2.45) is 0 Å². The maximum atomic E-state index is 10.6. The molecular weight excluding hydrogens is 182 g/mol. The van der Waals surface area contributed by atoms with Crippen molar-refractivity contribution < 1.29 is 9.90 Å². The Morgan fingerprint density at radius 2 is 2.36 bits per heavy atom. The van der Waals surface area contributed by atoms with Crippen LogP contribution in [-0.4, -0.2) is 20.5 Å². The summed E-state index contributed by atoms with van der Waals surface area (Å²) in [5.74, 6) is -1.08. The van der Waals surface area contributed by atoms with E-state index in [1.807, 2.05) is 6.07 Å². The Morgan fingerprint density at radius 3 is 3.00 bits per heavy atom. The lowest BCUT2D eigenvalue weighted by Crippen LogP contribution is -2.01. The topological polar surface area (TPSA) is 78.4 Å². The number of nitriles is 1. The van der Waals surface area contributed by atoms with E-state index in [2.05, 4.69) is 4.98 Å². The number of nitrogens with zero attached hydrogens (tertiary/aromatic N) is 3. The van der Waals surface area contributed by atoms with E-state index in [1.165, 1.54) is 12.4 Å². The molecule has 0 atom stereocenters. The van der Waals surface area contributed by atoms with Crippen LogP contribution in [0, 0.1) is 11.3 Å². The minimum Gasteiger partial charge on any atom is -0.476 e. The molecule has 0 aliphatic carbocycles. The van der Waals surface area contributed by atoms with Gasteiger partial charge >= 0.3 is 5.97 Å². The van der Waals surface area contributed by atoms with Gasteiger partial charge in [-0.05, 0) is 6.07 Å². The summed E-state index contributed by atoms with van der Waals surface area (Å²) in [7, 11) is 0. The van der Waals surface area contributed by atoms with Gasteiger partial charge in [-0.25, -0.2) is 9.78 Å². The van der Waals surface area contributed by atoms with Gasteiger partial charge in [-0.3, -0.25) is 0 Å². The normalized spacial score (nSPS) is 9.93. The molecule has 0 bridgehead atoms. The lowest BCUT2D eigenvalue weighted by molar-refractivity contribution is 0.0690. The second-order valence-electron chi connectivity index (χ2n) is 2.75. The maximum absolute atomic E-state index is 10.6. The molecule has 2 heterocycles. The lowest BCUT2D eigenvalue weighted by Gasteiger charge is -1.95. The van der Waals surface area contributed by atoms with Crippen LogP contribution in [0.4, 0.5) is 0 Å². The predicted octanol–water partition coefficient (Wildman–Crippen LogP) is 0.904. The molecule has 0 amide bonds. The molecule has 0 unspecified atom stereocenters. The quantitative estimate of drug-likeness (QED) is 0.719. The molecule has 0 saturated carbocycles. The summed E-state index contributed by atoms with van der Waals surface area (Å²) >= 11 is 0. The molecule has 2 aromatic rings. The van der Waals surface area contributed by atoms with Crippen LogP contribution in [0.15, 0.2) is 24.7 Å². The number of hydrogen-bond acceptors (Lipinski definition) is 3. The Morgan fingerprint density at radius 1 is 1.57 bits per heavy atom. The summed E-state index contributed by atoms with van der Waals surface area (Å²) < 4.78 is 1.56. The van der Waals surface area contributed by atoms with Gasteiger partial charge in [0.1, 0.15) is 6.07 Å². The first-order chi connectivity index (χ1) is 6.70. The second-order valence-corrected chi connectivity index (χ2v) is 2.75. The van der Waals surface area contributed by atoms with E-state index in [1.54, 1.807) is 16.7 Å². The van der Waals surface area contributed by atoms with Crippen LogP contribution in [-0.2, 0) is 0 Å². The molecular formula is C9H5N3O2. The fourth-order valence-electron chi connectivity index (χ4n) is 1.18. The first-order valence-electron chi connectivity index (χ1n) is 3.82. The van der Waals surface area contributed by atoms with E-state index in [4.69, 9.17) is 10.4 Å². The molecule has 0 radical (unpaired) electrons. The van der Waals surface area contributed by atoms with E-state index in [0.717, 1.165) is 0 Å². The molecule has 0 aliphatic rings. The summed E-state index contributed by atoms with van der Waals surface area (Å²) in [6, 6.07) is 3.61. The zero-order valence-corrected chi connectivity index (χ0v) is 7.01. The van der Waals surface area contributed by atoms with E-state index < -0.39 is 5.97 Å². The van der Waals surface area contributed by atoms with Gasteiger partial charge in [-0.1, -0.05) is 0 Å². The molecule has 0 aliphatic heterocycles. The molecule has 2 rings (SSSR count). The summed E-state index contributed by atoms with van der Waals surface area (Å²) in [5.41, 5.74) is 1.14. The SMILES string of the molecule is N#Cc1cc2cnc(C(=O)O)cn2c1. The first-order valence-corrected chi connectivity index (χ1v) is 3.82. The summed E-state index contributed by atoms with van der Waals surface area (Å²) in [6.45, 7) is 0. The largest absolute Gasteiger partial charge is 0.476 e. The standard InChI is InChI=1S/C9H5N3O2/c10-2-6-1-7-3-11-8(9(13)14)5-12(7)4-6/h1,3-5H,(H,13,14). The third-order valence-corrected chi connectivity index (χ3v) is 1.83. The Labute approximate surface area is 78.8 Å². The van der Waals surface area contributed by atoms with Crippen LogP contribution in [0.5, 0.6) is 0 Å². The van der Waals surface area contributed by atoms with Crippen LogP contribution in [0.25, 0.3) is 5.52 Å². The molecule has 0 aromatic carbocycles. The average molecular weight is 187 g/mol. The highest BCUT2D eigenvalue weighted by Crippen LogP contribution is 2.08. The van der Waals surface area contributed by atoms with Crippen molar-refractivity contribution in [3.63, 3.8) is 0 Å². The van der Waals surface area contributed by atoms with Gasteiger partial charge in [0.15, 0.2) is 5.69 Å². The van der Waals surface area contributed by atoms with Crippen LogP contribution in [0.3, 0.4) is 0 Å². The van der Waals surface area contributed by atoms with Crippen molar-refractivity contribution in [3.05, 3.63) is 35.9 Å². The highest BCUT2D eigenvalue weighted by molar-refractivity contribution is 5.85. The minimum atomic E-state index is -1.08. The van der Waals surface area contributed by atoms with Gasteiger partial charge in [0.25, 0.3) is 0 Å². The van der Waals surface area contributed by atoms with Crippen LogP contribution in [0.2, 0.25) is 0 Å². The Balaban J connectivity index is 2.66. The fourth-order valence-corrected chi connectivity index (χ4v) is 1.18. The molecule has 5 heteroatoms. The van der Waals surface area contributed by atoms with Crippen molar-refractivity contribution in [1.82, 2.24) is 9.38 Å². The van der Waals surface area contributed by atoms with Gasteiger partial charge in [0, 0.05) is 12.4 Å². The number of rotatable bonds is 1. The molecule has 1 N–H and O–H groups in total. The number of carboxylic acids is 1. The van der Waals surface area contributed by atoms with E-state index in [9.17, 15) is 4.79 Å². The van der Waals surface area contributed by atoms with Crippen molar-refractivity contribution >= 4 is 11.5 Å². The van der Waals surface area contributed by atoms with Gasteiger partial charge in [0.2, 0.25) is 0 Å². The van der Waals surface area contributed by atoms with Crippen molar-refractivity contribution in [2.45, 2.75) is 0 Å². The second kappa shape index (κ2) is 2.85. The summed E-state index contributed by atoms with van der Waals surface area (Å²) in [4.78, 5) is 14.3. The third-order valence-electron chi connectivity index (χ3n) is 1.83. The van der Waals surface area contributed by atoms with Crippen molar-refractivity contribution in [3.8, 4) is 6.07 Å². The smallest absolute Gasteiger partial charge is 0.356 e. The van der Waals surface area contributed by atoms with Gasteiger partial charge < -0.3 is 9.51 Å². The molecule has 2 aromatic heterocycles. The monoisotopic (exact) mass is 187 g/mol. The minimum absolute atomic E-state index is 0.0439. The molecule has 0 spiro atoms. The van der Waals surface area contributed by atoms with Gasteiger partial charge in [0.05, 0.1) is 17.3 Å². The predicted molar refractivity (Wildman–Crippen MR) is 46.9 cm³/mol. The number of hydrogen-bond donors (Lipinski definition) is 1. The highest BCUT2D eigenvalue weighted by atomic mass is 16.4. The highest BCUT2D eigenvalue weighted by Gasteiger charge is 2.06. The molecule has 0 fully saturated rings. The molecule has 68 valence electrons. The molecule has 5 nitrogen and oxygen atoms in total. The number of carboxylic acid groups (broad SMARTS) is 1. The molecule has 14 heavy (non-hydrogen) atoms.